The summed E-state index contributed by atoms with van der Waals surface area (Å²) in [5.41, 5.74) is 0. The predicted octanol–water partition coefficient (Wildman–Crippen LogP) is 3.72. The van der Waals surface area contributed by atoms with Gasteiger partial charge in [0.2, 0.25) is 0 Å². The van der Waals surface area contributed by atoms with Crippen LogP contribution < -0.4 is 29.6 Å². The van der Waals surface area contributed by atoms with Gasteiger partial charge in [-0.05, 0) is 25.7 Å². The smallest absolute Gasteiger partial charge is 0.748 e. The Labute approximate surface area is 204 Å². The summed E-state index contributed by atoms with van der Waals surface area (Å²) in [6.45, 7) is 4.30. The van der Waals surface area contributed by atoms with Gasteiger partial charge in [-0.3, -0.25) is 0 Å². The third-order valence-corrected chi connectivity index (χ3v) is 7.01. The van der Waals surface area contributed by atoms with Crippen molar-refractivity contribution < 1.29 is 47.6 Å². The summed E-state index contributed by atoms with van der Waals surface area (Å²) in [6, 6.07) is 0. The monoisotopic (exact) mass is 442 g/mol. The summed E-state index contributed by atoms with van der Waals surface area (Å²) in [6.07, 6.45) is 19.4. The fourth-order valence-corrected chi connectivity index (χ4v) is 4.79. The normalized spacial score (nSPS) is 13.8. The van der Waals surface area contributed by atoms with Crippen LogP contribution in [0, 0.1) is 0 Å². The van der Waals surface area contributed by atoms with E-state index >= 15 is 0 Å². The Balaban J connectivity index is 0. The Hall–Kier alpha value is 0.870. The van der Waals surface area contributed by atoms with Crippen molar-refractivity contribution in [2.24, 2.45) is 0 Å². The van der Waals surface area contributed by atoms with Gasteiger partial charge < -0.3 is 9.66 Å². The van der Waals surface area contributed by atoms with Crippen molar-refractivity contribution in [1.29, 1.82) is 0 Å². The zero-order valence-corrected chi connectivity index (χ0v) is 22.5. The van der Waals surface area contributed by atoms with E-state index in [0.29, 0.717) is 12.8 Å². The number of unbranched alkanes of at least 4 members (excludes halogenated alkanes) is 12. The molecule has 6 heteroatoms. The van der Waals surface area contributed by atoms with Gasteiger partial charge in [-0.15, -0.1) is 0 Å². The zero-order valence-electron chi connectivity index (χ0n) is 19.7. The molecule has 0 aliphatic carbocycles. The summed E-state index contributed by atoms with van der Waals surface area (Å²) in [4.78, 5) is 0. The van der Waals surface area contributed by atoms with Crippen molar-refractivity contribution in [3.8, 4) is 0 Å². The van der Waals surface area contributed by atoms with Crippen LogP contribution in [0.5, 0.6) is 0 Å². The van der Waals surface area contributed by atoms with Gasteiger partial charge in [0, 0.05) is 5.25 Å². The maximum absolute atomic E-state index is 11.5. The maximum Gasteiger partial charge on any atom is 1.00 e. The molecule has 1 N–H and O–H groups in total. The van der Waals surface area contributed by atoms with E-state index in [2.05, 4.69) is 13.8 Å². The number of aliphatic hydroxyl groups excluding tert-OH is 1. The molecule has 0 radical (unpaired) electrons. The second kappa shape index (κ2) is 22.1. The Morgan fingerprint density at radius 2 is 1.00 bits per heavy atom. The first-order valence-corrected chi connectivity index (χ1v) is 13.5. The SMILES string of the molecule is CCCCCCCCCCC(CCCCCCCCC(O)CCC)S(=O)(=O)[O-].[Na+]. The van der Waals surface area contributed by atoms with Crippen LogP contribution in [-0.2, 0) is 10.1 Å². The molecular formula is C23H47NaO4S. The quantitative estimate of drug-likeness (QED) is 0.167. The van der Waals surface area contributed by atoms with Gasteiger partial charge in [0.25, 0.3) is 0 Å². The van der Waals surface area contributed by atoms with Crippen molar-refractivity contribution >= 4 is 10.1 Å². The minimum atomic E-state index is -4.16. The molecule has 0 saturated heterocycles. The van der Waals surface area contributed by atoms with Crippen LogP contribution >= 0.6 is 0 Å². The third kappa shape index (κ3) is 21.9. The summed E-state index contributed by atoms with van der Waals surface area (Å²) >= 11 is 0. The van der Waals surface area contributed by atoms with E-state index in [9.17, 15) is 18.1 Å². The first kappa shape index (κ1) is 32.1. The fraction of sp³-hybridized carbons (Fsp3) is 1.00. The maximum atomic E-state index is 11.5. The predicted molar refractivity (Wildman–Crippen MR) is 119 cm³/mol. The van der Waals surface area contributed by atoms with Crippen LogP contribution in [0.1, 0.15) is 136 Å². The number of hydrogen-bond acceptors (Lipinski definition) is 4. The van der Waals surface area contributed by atoms with Gasteiger partial charge in [0.15, 0.2) is 0 Å². The van der Waals surface area contributed by atoms with Crippen LogP contribution in [0.4, 0.5) is 0 Å². The summed E-state index contributed by atoms with van der Waals surface area (Å²) in [5.74, 6) is 0. The van der Waals surface area contributed by atoms with Crippen molar-refractivity contribution in [2.45, 2.75) is 147 Å². The molecule has 0 saturated carbocycles. The van der Waals surface area contributed by atoms with Crippen molar-refractivity contribution in [3.63, 3.8) is 0 Å². The minimum absolute atomic E-state index is 0. The van der Waals surface area contributed by atoms with Crippen molar-refractivity contribution in [1.82, 2.24) is 0 Å². The van der Waals surface area contributed by atoms with Gasteiger partial charge in [0.1, 0.15) is 0 Å². The molecule has 0 fully saturated rings. The van der Waals surface area contributed by atoms with E-state index in [1.54, 1.807) is 0 Å². The molecule has 2 atom stereocenters. The Morgan fingerprint density at radius 1 is 0.621 bits per heavy atom. The van der Waals surface area contributed by atoms with Crippen molar-refractivity contribution in [3.05, 3.63) is 0 Å². The van der Waals surface area contributed by atoms with E-state index in [4.69, 9.17) is 0 Å². The topological polar surface area (TPSA) is 77.4 Å². The first-order valence-electron chi connectivity index (χ1n) is 12.0. The minimum Gasteiger partial charge on any atom is -0.748 e. The number of rotatable bonds is 21. The fourth-order valence-electron chi connectivity index (χ4n) is 3.88. The van der Waals surface area contributed by atoms with Gasteiger partial charge in [-0.1, -0.05) is 110 Å². The Morgan fingerprint density at radius 3 is 1.38 bits per heavy atom. The van der Waals surface area contributed by atoms with Crippen LogP contribution in [0.15, 0.2) is 0 Å². The average Bonchev–Trinajstić information content (AvgIpc) is 2.63. The van der Waals surface area contributed by atoms with Gasteiger partial charge in [-0.25, -0.2) is 8.42 Å². The molecule has 29 heavy (non-hydrogen) atoms. The number of aliphatic hydroxyl groups is 1. The molecule has 0 aliphatic rings. The Kier molecular flexibility index (Phi) is 24.4. The van der Waals surface area contributed by atoms with E-state index in [-0.39, 0.29) is 35.7 Å². The van der Waals surface area contributed by atoms with Gasteiger partial charge >= 0.3 is 29.6 Å². The number of hydrogen-bond donors (Lipinski definition) is 1. The molecule has 0 aromatic carbocycles. The van der Waals surface area contributed by atoms with E-state index in [1.165, 1.54) is 32.1 Å². The molecule has 0 spiro atoms. The van der Waals surface area contributed by atoms with Crippen LogP contribution in [0.25, 0.3) is 0 Å². The standard InChI is InChI=1S/C23H48O4S.Na/c1-3-5-6-7-8-9-13-16-20-23(28(25,26)27)21-17-14-11-10-12-15-19-22(24)18-4-2;/h22-24H,3-21H2,1-2H3,(H,25,26,27);/q;+1/p-1. The summed E-state index contributed by atoms with van der Waals surface area (Å²) in [5, 5.41) is 9.01. The Bertz CT molecular complexity index is 429. The third-order valence-electron chi connectivity index (χ3n) is 5.72. The molecule has 0 amide bonds. The van der Waals surface area contributed by atoms with Crippen LogP contribution in [0.3, 0.4) is 0 Å². The van der Waals surface area contributed by atoms with Crippen molar-refractivity contribution in [2.75, 3.05) is 0 Å². The van der Waals surface area contributed by atoms with Crippen LogP contribution in [-0.4, -0.2) is 29.4 Å². The van der Waals surface area contributed by atoms with E-state index in [0.717, 1.165) is 77.0 Å². The van der Waals surface area contributed by atoms with E-state index < -0.39 is 15.4 Å². The molecule has 170 valence electrons. The second-order valence-corrected chi connectivity index (χ2v) is 10.2. The average molecular weight is 443 g/mol. The second-order valence-electron chi connectivity index (χ2n) is 8.52. The zero-order chi connectivity index (χ0) is 21.1. The molecule has 0 bridgehead atoms. The first-order chi connectivity index (χ1) is 13.4. The summed E-state index contributed by atoms with van der Waals surface area (Å²) in [7, 11) is -4.16. The summed E-state index contributed by atoms with van der Waals surface area (Å²) < 4.78 is 34.5. The molecule has 0 heterocycles. The molecule has 0 aromatic rings. The van der Waals surface area contributed by atoms with E-state index in [1.807, 2.05) is 0 Å². The molecule has 0 aromatic heterocycles. The van der Waals surface area contributed by atoms with Gasteiger partial charge in [-0.2, -0.15) is 0 Å². The molecular weight excluding hydrogens is 395 g/mol. The molecule has 4 nitrogen and oxygen atoms in total. The molecule has 0 aliphatic heterocycles. The molecule has 2 unspecified atom stereocenters. The van der Waals surface area contributed by atoms with Gasteiger partial charge in [0.05, 0.1) is 16.2 Å². The molecule has 0 rings (SSSR count). The van der Waals surface area contributed by atoms with Crippen LogP contribution in [0.2, 0.25) is 0 Å². The largest absolute Gasteiger partial charge is 1.00 e.